The van der Waals surface area contributed by atoms with Crippen LogP contribution in [0.25, 0.3) is 0 Å². The van der Waals surface area contributed by atoms with Gasteiger partial charge in [0.25, 0.3) is 0 Å². The van der Waals surface area contributed by atoms with Crippen molar-refractivity contribution in [3.05, 3.63) is 24.0 Å². The van der Waals surface area contributed by atoms with Crippen LogP contribution in [-0.2, 0) is 4.79 Å². The lowest BCUT2D eigenvalue weighted by molar-refractivity contribution is -0.116. The molecule has 0 saturated carbocycles. The summed E-state index contributed by atoms with van der Waals surface area (Å²) in [4.78, 5) is 11.4. The Balaban J connectivity index is 2.64. The van der Waals surface area contributed by atoms with Crippen molar-refractivity contribution < 1.29 is 13.9 Å². The van der Waals surface area contributed by atoms with Gasteiger partial charge in [-0.05, 0) is 33.0 Å². The zero-order valence-corrected chi connectivity index (χ0v) is 10.9. The number of rotatable bonds is 6. The number of amides is 1. The Labute approximate surface area is 107 Å². The molecule has 0 bridgehead atoms. The standard InChI is InChI=1S/C13H19FN2O2/c1-9(2)18-10-4-5-12(11(14)8-10)16-13(17)6-7-15-3/h4-5,8-9,15H,6-7H2,1-3H3,(H,16,17). The summed E-state index contributed by atoms with van der Waals surface area (Å²) >= 11 is 0. The average Bonchev–Trinajstić information content (AvgIpc) is 2.29. The van der Waals surface area contributed by atoms with Crippen LogP contribution in [0.15, 0.2) is 18.2 Å². The van der Waals surface area contributed by atoms with Crippen LogP contribution in [0.4, 0.5) is 10.1 Å². The number of anilines is 1. The second-order valence-electron chi connectivity index (χ2n) is 4.21. The van der Waals surface area contributed by atoms with Crippen molar-refractivity contribution in [2.24, 2.45) is 0 Å². The minimum absolute atomic E-state index is 0.0135. The molecule has 0 fully saturated rings. The van der Waals surface area contributed by atoms with Crippen LogP contribution in [-0.4, -0.2) is 25.6 Å². The molecule has 0 atom stereocenters. The van der Waals surface area contributed by atoms with Crippen molar-refractivity contribution in [1.29, 1.82) is 0 Å². The van der Waals surface area contributed by atoms with Crippen molar-refractivity contribution in [3.63, 3.8) is 0 Å². The van der Waals surface area contributed by atoms with E-state index in [1.165, 1.54) is 12.1 Å². The molecule has 1 aromatic carbocycles. The molecular weight excluding hydrogens is 235 g/mol. The normalized spacial score (nSPS) is 10.5. The summed E-state index contributed by atoms with van der Waals surface area (Å²) in [7, 11) is 1.76. The quantitative estimate of drug-likeness (QED) is 0.818. The fourth-order valence-corrected chi connectivity index (χ4v) is 1.39. The molecule has 0 aromatic heterocycles. The van der Waals surface area contributed by atoms with E-state index in [4.69, 9.17) is 4.74 Å². The van der Waals surface area contributed by atoms with Gasteiger partial charge in [0.2, 0.25) is 5.91 Å². The summed E-state index contributed by atoms with van der Waals surface area (Å²) in [6.45, 7) is 4.29. The molecule has 0 saturated heterocycles. The van der Waals surface area contributed by atoms with Gasteiger partial charge < -0.3 is 15.4 Å². The molecule has 0 spiro atoms. The van der Waals surface area contributed by atoms with E-state index in [2.05, 4.69) is 10.6 Å². The Morgan fingerprint density at radius 3 is 2.72 bits per heavy atom. The van der Waals surface area contributed by atoms with Crippen LogP contribution in [0.2, 0.25) is 0 Å². The van der Waals surface area contributed by atoms with E-state index in [-0.39, 0.29) is 17.7 Å². The van der Waals surface area contributed by atoms with Gasteiger partial charge >= 0.3 is 0 Å². The first kappa shape index (κ1) is 14.4. The molecule has 0 aliphatic rings. The van der Waals surface area contributed by atoms with E-state index in [1.807, 2.05) is 13.8 Å². The Bertz CT molecular complexity index is 408. The van der Waals surface area contributed by atoms with Crippen LogP contribution in [0.3, 0.4) is 0 Å². The SMILES string of the molecule is CNCCC(=O)Nc1ccc(OC(C)C)cc1F. The monoisotopic (exact) mass is 254 g/mol. The fraction of sp³-hybridized carbons (Fsp3) is 0.462. The molecule has 100 valence electrons. The van der Waals surface area contributed by atoms with Crippen molar-refractivity contribution >= 4 is 11.6 Å². The lowest BCUT2D eigenvalue weighted by Crippen LogP contribution is -2.19. The number of hydrogen-bond acceptors (Lipinski definition) is 3. The van der Waals surface area contributed by atoms with Gasteiger partial charge in [-0.3, -0.25) is 4.79 Å². The first-order chi connectivity index (χ1) is 8.52. The predicted molar refractivity (Wildman–Crippen MR) is 69.3 cm³/mol. The van der Waals surface area contributed by atoms with E-state index >= 15 is 0 Å². The highest BCUT2D eigenvalue weighted by Gasteiger charge is 2.08. The molecular formula is C13H19FN2O2. The topological polar surface area (TPSA) is 50.4 Å². The number of benzene rings is 1. The maximum Gasteiger partial charge on any atom is 0.225 e. The van der Waals surface area contributed by atoms with E-state index in [0.717, 1.165) is 0 Å². The zero-order valence-electron chi connectivity index (χ0n) is 10.9. The molecule has 4 nitrogen and oxygen atoms in total. The zero-order chi connectivity index (χ0) is 13.5. The number of carbonyl (C=O) groups is 1. The predicted octanol–water partition coefficient (Wildman–Crippen LogP) is 2.16. The summed E-state index contributed by atoms with van der Waals surface area (Å²) in [6.07, 6.45) is 0.292. The highest BCUT2D eigenvalue weighted by atomic mass is 19.1. The second kappa shape index (κ2) is 6.96. The lowest BCUT2D eigenvalue weighted by Gasteiger charge is -2.11. The van der Waals surface area contributed by atoms with Gasteiger partial charge in [0.1, 0.15) is 11.6 Å². The van der Waals surface area contributed by atoms with E-state index < -0.39 is 5.82 Å². The molecule has 0 unspecified atom stereocenters. The Hall–Kier alpha value is -1.62. The molecule has 0 aliphatic carbocycles. The van der Waals surface area contributed by atoms with Crippen molar-refractivity contribution in [2.75, 3.05) is 18.9 Å². The van der Waals surface area contributed by atoms with Gasteiger partial charge in [-0.2, -0.15) is 0 Å². The molecule has 18 heavy (non-hydrogen) atoms. The summed E-state index contributed by atoms with van der Waals surface area (Å²) < 4.78 is 19.0. The highest BCUT2D eigenvalue weighted by Crippen LogP contribution is 2.21. The summed E-state index contributed by atoms with van der Waals surface area (Å²) in [5.74, 6) is -0.262. The van der Waals surface area contributed by atoms with Crippen molar-refractivity contribution in [2.45, 2.75) is 26.4 Å². The first-order valence-electron chi connectivity index (χ1n) is 5.93. The minimum Gasteiger partial charge on any atom is -0.491 e. The Morgan fingerprint density at radius 2 is 2.17 bits per heavy atom. The van der Waals surface area contributed by atoms with Gasteiger partial charge in [0.15, 0.2) is 0 Å². The number of ether oxygens (including phenoxy) is 1. The van der Waals surface area contributed by atoms with Crippen LogP contribution < -0.4 is 15.4 Å². The molecule has 2 N–H and O–H groups in total. The van der Waals surface area contributed by atoms with Crippen molar-refractivity contribution in [1.82, 2.24) is 5.32 Å². The smallest absolute Gasteiger partial charge is 0.225 e. The Kier molecular flexibility index (Phi) is 5.58. The maximum absolute atomic E-state index is 13.7. The lowest BCUT2D eigenvalue weighted by atomic mass is 10.2. The molecule has 0 radical (unpaired) electrons. The highest BCUT2D eigenvalue weighted by molar-refractivity contribution is 5.91. The minimum atomic E-state index is -0.494. The van der Waals surface area contributed by atoms with Gasteiger partial charge in [0, 0.05) is 19.0 Å². The molecule has 0 aliphatic heterocycles. The number of carbonyl (C=O) groups excluding carboxylic acids is 1. The molecule has 1 rings (SSSR count). The van der Waals surface area contributed by atoms with Gasteiger partial charge in [-0.25, -0.2) is 4.39 Å². The van der Waals surface area contributed by atoms with Crippen LogP contribution in [0, 0.1) is 5.82 Å². The largest absolute Gasteiger partial charge is 0.491 e. The number of hydrogen-bond donors (Lipinski definition) is 2. The van der Waals surface area contributed by atoms with Crippen LogP contribution >= 0.6 is 0 Å². The molecule has 0 heterocycles. The summed E-state index contributed by atoms with van der Waals surface area (Å²) in [6, 6.07) is 4.41. The number of halogens is 1. The summed E-state index contributed by atoms with van der Waals surface area (Å²) in [5.41, 5.74) is 0.173. The number of nitrogens with one attached hydrogen (secondary N) is 2. The van der Waals surface area contributed by atoms with E-state index in [1.54, 1.807) is 13.1 Å². The van der Waals surface area contributed by atoms with Crippen molar-refractivity contribution in [3.8, 4) is 5.75 Å². The fourth-order valence-electron chi connectivity index (χ4n) is 1.39. The van der Waals surface area contributed by atoms with Gasteiger partial charge in [-0.1, -0.05) is 0 Å². The second-order valence-corrected chi connectivity index (χ2v) is 4.21. The Morgan fingerprint density at radius 1 is 1.44 bits per heavy atom. The van der Waals surface area contributed by atoms with Gasteiger partial charge in [0.05, 0.1) is 11.8 Å². The molecule has 1 aromatic rings. The van der Waals surface area contributed by atoms with E-state index in [0.29, 0.717) is 18.7 Å². The third kappa shape index (κ3) is 4.71. The third-order valence-corrected chi connectivity index (χ3v) is 2.19. The maximum atomic E-state index is 13.7. The average molecular weight is 254 g/mol. The first-order valence-corrected chi connectivity index (χ1v) is 5.93. The van der Waals surface area contributed by atoms with Crippen LogP contribution in [0.1, 0.15) is 20.3 Å². The van der Waals surface area contributed by atoms with Crippen LogP contribution in [0.5, 0.6) is 5.75 Å². The third-order valence-electron chi connectivity index (χ3n) is 2.19. The molecule has 1 amide bonds. The summed E-state index contributed by atoms with van der Waals surface area (Å²) in [5, 5.41) is 5.37. The van der Waals surface area contributed by atoms with E-state index in [9.17, 15) is 9.18 Å². The van der Waals surface area contributed by atoms with Gasteiger partial charge in [-0.15, -0.1) is 0 Å². The molecule has 5 heteroatoms.